The first-order valence-corrected chi connectivity index (χ1v) is 5.93. The second kappa shape index (κ2) is 4.71. The zero-order valence-electron chi connectivity index (χ0n) is 9.35. The average Bonchev–Trinajstić information content (AvgIpc) is 2.30. The van der Waals surface area contributed by atoms with Gasteiger partial charge in [0.15, 0.2) is 0 Å². The summed E-state index contributed by atoms with van der Waals surface area (Å²) in [5.74, 6) is 0. The SMILES string of the molecule is Cc1cnc(=O)n(Cc2cccc(N)c2Br)c1. The van der Waals surface area contributed by atoms with Crippen LogP contribution in [-0.4, -0.2) is 9.55 Å². The van der Waals surface area contributed by atoms with Crippen LogP contribution in [0.1, 0.15) is 11.1 Å². The lowest BCUT2D eigenvalue weighted by atomic mass is 10.2. The van der Waals surface area contributed by atoms with Crippen molar-refractivity contribution in [2.75, 3.05) is 5.73 Å². The van der Waals surface area contributed by atoms with Crippen LogP contribution in [0.5, 0.6) is 0 Å². The standard InChI is InChI=1S/C12H12BrN3O/c1-8-5-15-12(17)16(6-8)7-9-3-2-4-10(14)11(9)13/h2-6H,7,14H2,1H3. The number of halogens is 1. The van der Waals surface area contributed by atoms with Crippen LogP contribution in [0.4, 0.5) is 5.69 Å². The minimum Gasteiger partial charge on any atom is -0.398 e. The quantitative estimate of drug-likeness (QED) is 0.861. The van der Waals surface area contributed by atoms with Gasteiger partial charge in [-0.05, 0) is 40.0 Å². The van der Waals surface area contributed by atoms with Crippen LogP contribution in [0.15, 0.2) is 39.9 Å². The van der Waals surface area contributed by atoms with Crippen LogP contribution in [-0.2, 0) is 6.54 Å². The number of nitrogens with zero attached hydrogens (tertiary/aromatic N) is 2. The Morgan fingerprint density at radius 3 is 3.00 bits per heavy atom. The summed E-state index contributed by atoms with van der Waals surface area (Å²) in [7, 11) is 0. The molecule has 0 radical (unpaired) electrons. The van der Waals surface area contributed by atoms with Gasteiger partial charge in [0.05, 0.1) is 6.54 Å². The number of benzene rings is 1. The van der Waals surface area contributed by atoms with Gasteiger partial charge < -0.3 is 5.73 Å². The Kier molecular flexibility index (Phi) is 3.28. The molecule has 1 aromatic carbocycles. The Morgan fingerprint density at radius 2 is 2.24 bits per heavy atom. The zero-order chi connectivity index (χ0) is 12.4. The summed E-state index contributed by atoms with van der Waals surface area (Å²) < 4.78 is 2.39. The second-order valence-corrected chi connectivity index (χ2v) is 4.66. The van der Waals surface area contributed by atoms with Crippen LogP contribution in [0, 0.1) is 6.92 Å². The molecule has 0 aliphatic carbocycles. The minimum atomic E-state index is -0.259. The van der Waals surface area contributed by atoms with E-state index in [0.29, 0.717) is 12.2 Å². The van der Waals surface area contributed by atoms with Gasteiger partial charge in [-0.1, -0.05) is 12.1 Å². The molecule has 5 heteroatoms. The van der Waals surface area contributed by atoms with Gasteiger partial charge in [-0.2, -0.15) is 0 Å². The number of hydrogen-bond acceptors (Lipinski definition) is 3. The summed E-state index contributed by atoms with van der Waals surface area (Å²) in [6.45, 7) is 2.36. The highest BCUT2D eigenvalue weighted by Crippen LogP contribution is 2.24. The molecular weight excluding hydrogens is 282 g/mol. The molecule has 0 bridgehead atoms. The summed E-state index contributed by atoms with van der Waals surface area (Å²) in [4.78, 5) is 15.4. The third kappa shape index (κ3) is 2.55. The summed E-state index contributed by atoms with van der Waals surface area (Å²) in [5.41, 5.74) is 8.10. The van der Waals surface area contributed by atoms with E-state index in [-0.39, 0.29) is 5.69 Å². The Morgan fingerprint density at radius 1 is 1.47 bits per heavy atom. The van der Waals surface area contributed by atoms with Crippen LogP contribution >= 0.6 is 15.9 Å². The second-order valence-electron chi connectivity index (χ2n) is 3.86. The summed E-state index contributed by atoms with van der Waals surface area (Å²) in [6, 6.07) is 5.60. The molecule has 0 amide bonds. The van der Waals surface area contributed by atoms with Crippen LogP contribution in [0.25, 0.3) is 0 Å². The molecule has 2 N–H and O–H groups in total. The first kappa shape index (κ1) is 11.9. The van der Waals surface area contributed by atoms with Crippen molar-refractivity contribution >= 4 is 21.6 Å². The minimum absolute atomic E-state index is 0.259. The van der Waals surface area contributed by atoms with E-state index in [4.69, 9.17) is 5.73 Å². The molecule has 0 spiro atoms. The highest BCUT2D eigenvalue weighted by Gasteiger charge is 2.05. The van der Waals surface area contributed by atoms with Crippen molar-refractivity contribution < 1.29 is 0 Å². The molecule has 0 aliphatic rings. The zero-order valence-corrected chi connectivity index (χ0v) is 10.9. The molecule has 4 nitrogen and oxygen atoms in total. The van der Waals surface area contributed by atoms with Crippen molar-refractivity contribution in [3.05, 3.63) is 56.7 Å². The Bertz CT molecular complexity index is 607. The first-order chi connectivity index (χ1) is 8.08. The van der Waals surface area contributed by atoms with E-state index >= 15 is 0 Å². The number of rotatable bonds is 2. The number of aryl methyl sites for hydroxylation is 1. The summed E-state index contributed by atoms with van der Waals surface area (Å²) >= 11 is 3.42. The van der Waals surface area contributed by atoms with E-state index in [1.54, 1.807) is 17.0 Å². The molecular formula is C12H12BrN3O. The van der Waals surface area contributed by atoms with E-state index in [0.717, 1.165) is 15.6 Å². The van der Waals surface area contributed by atoms with E-state index in [1.807, 2.05) is 25.1 Å². The van der Waals surface area contributed by atoms with Gasteiger partial charge in [0, 0.05) is 22.6 Å². The summed E-state index contributed by atoms with van der Waals surface area (Å²) in [6.07, 6.45) is 3.35. The molecule has 0 unspecified atom stereocenters. The van der Waals surface area contributed by atoms with E-state index in [9.17, 15) is 4.79 Å². The van der Waals surface area contributed by atoms with Gasteiger partial charge in [-0.3, -0.25) is 4.57 Å². The maximum atomic E-state index is 11.6. The lowest BCUT2D eigenvalue weighted by Gasteiger charge is -2.09. The predicted molar refractivity (Wildman–Crippen MR) is 70.9 cm³/mol. The summed E-state index contributed by atoms with van der Waals surface area (Å²) in [5, 5.41) is 0. The molecule has 0 saturated carbocycles. The molecule has 88 valence electrons. The van der Waals surface area contributed by atoms with Crippen molar-refractivity contribution in [1.29, 1.82) is 0 Å². The average molecular weight is 294 g/mol. The Balaban J connectivity index is 2.41. The lowest BCUT2D eigenvalue weighted by Crippen LogP contribution is -2.23. The molecule has 0 aliphatic heterocycles. The third-order valence-corrected chi connectivity index (χ3v) is 3.40. The van der Waals surface area contributed by atoms with Crippen LogP contribution in [0.3, 0.4) is 0 Å². The third-order valence-electron chi connectivity index (χ3n) is 2.43. The smallest absolute Gasteiger partial charge is 0.347 e. The van der Waals surface area contributed by atoms with Gasteiger partial charge in [0.2, 0.25) is 0 Å². The number of aromatic nitrogens is 2. The molecule has 0 atom stereocenters. The molecule has 1 heterocycles. The molecule has 0 fully saturated rings. The van der Waals surface area contributed by atoms with Crippen LogP contribution in [0.2, 0.25) is 0 Å². The van der Waals surface area contributed by atoms with Gasteiger partial charge in [-0.25, -0.2) is 9.78 Å². The van der Waals surface area contributed by atoms with Gasteiger partial charge >= 0.3 is 5.69 Å². The lowest BCUT2D eigenvalue weighted by molar-refractivity contribution is 0.719. The Labute approximate surface area is 107 Å². The van der Waals surface area contributed by atoms with E-state index in [2.05, 4.69) is 20.9 Å². The van der Waals surface area contributed by atoms with Crippen molar-refractivity contribution in [1.82, 2.24) is 9.55 Å². The van der Waals surface area contributed by atoms with Crippen LogP contribution < -0.4 is 11.4 Å². The molecule has 0 saturated heterocycles. The van der Waals surface area contributed by atoms with Gasteiger partial charge in [-0.15, -0.1) is 0 Å². The van der Waals surface area contributed by atoms with Gasteiger partial charge in [0.25, 0.3) is 0 Å². The van der Waals surface area contributed by atoms with Crippen molar-refractivity contribution in [3.8, 4) is 0 Å². The highest BCUT2D eigenvalue weighted by molar-refractivity contribution is 9.10. The highest BCUT2D eigenvalue weighted by atomic mass is 79.9. The molecule has 1 aromatic heterocycles. The van der Waals surface area contributed by atoms with E-state index in [1.165, 1.54) is 0 Å². The maximum Gasteiger partial charge on any atom is 0.347 e. The fourth-order valence-corrected chi connectivity index (χ4v) is 1.97. The number of nitrogen functional groups attached to an aromatic ring is 1. The maximum absolute atomic E-state index is 11.6. The first-order valence-electron chi connectivity index (χ1n) is 5.14. The monoisotopic (exact) mass is 293 g/mol. The normalized spacial score (nSPS) is 10.5. The van der Waals surface area contributed by atoms with Crippen molar-refractivity contribution in [2.45, 2.75) is 13.5 Å². The molecule has 2 aromatic rings. The number of anilines is 1. The predicted octanol–water partition coefficient (Wildman–Crippen LogP) is 1.94. The fourth-order valence-electron chi connectivity index (χ4n) is 1.58. The Hall–Kier alpha value is -1.62. The van der Waals surface area contributed by atoms with Crippen molar-refractivity contribution in [2.24, 2.45) is 0 Å². The van der Waals surface area contributed by atoms with Crippen molar-refractivity contribution in [3.63, 3.8) is 0 Å². The topological polar surface area (TPSA) is 60.9 Å². The van der Waals surface area contributed by atoms with E-state index < -0.39 is 0 Å². The largest absolute Gasteiger partial charge is 0.398 e. The number of hydrogen-bond donors (Lipinski definition) is 1. The number of nitrogens with two attached hydrogens (primary N) is 1. The fraction of sp³-hybridized carbons (Fsp3) is 0.167. The molecule has 17 heavy (non-hydrogen) atoms. The van der Waals surface area contributed by atoms with Gasteiger partial charge in [0.1, 0.15) is 0 Å². The molecule has 2 rings (SSSR count).